The van der Waals surface area contributed by atoms with Crippen molar-refractivity contribution in [2.24, 2.45) is 0 Å². The van der Waals surface area contributed by atoms with Gasteiger partial charge in [-0.05, 0) is 26.0 Å². The average molecular weight is 229 g/mol. The lowest BCUT2D eigenvalue weighted by Crippen LogP contribution is -2.11. The minimum atomic E-state index is 0.0733. The van der Waals surface area contributed by atoms with Crippen LogP contribution in [0.1, 0.15) is 24.2 Å². The Morgan fingerprint density at radius 3 is 2.76 bits per heavy atom. The van der Waals surface area contributed by atoms with Crippen LogP contribution in [0, 0.1) is 6.92 Å². The van der Waals surface area contributed by atoms with Crippen molar-refractivity contribution >= 4 is 11.6 Å². The molecular formula is C12H15N5. The van der Waals surface area contributed by atoms with Gasteiger partial charge in [-0.2, -0.15) is 0 Å². The van der Waals surface area contributed by atoms with Gasteiger partial charge in [-0.25, -0.2) is 9.97 Å². The quantitative estimate of drug-likeness (QED) is 0.841. The first-order valence-corrected chi connectivity index (χ1v) is 5.43. The summed E-state index contributed by atoms with van der Waals surface area (Å²) in [5, 5.41) is 3.27. The van der Waals surface area contributed by atoms with Crippen LogP contribution in [0.5, 0.6) is 0 Å². The summed E-state index contributed by atoms with van der Waals surface area (Å²) in [5.74, 6) is 1.24. The van der Waals surface area contributed by atoms with Gasteiger partial charge in [-0.1, -0.05) is 6.07 Å². The Bertz CT molecular complexity index is 498. The molecule has 5 nitrogen and oxygen atoms in total. The van der Waals surface area contributed by atoms with Gasteiger partial charge in [0.1, 0.15) is 18.0 Å². The lowest BCUT2D eigenvalue weighted by atomic mass is 10.2. The van der Waals surface area contributed by atoms with E-state index in [-0.39, 0.29) is 6.04 Å². The largest absolute Gasteiger partial charge is 0.383 e. The first-order valence-electron chi connectivity index (χ1n) is 5.43. The summed E-state index contributed by atoms with van der Waals surface area (Å²) in [6.07, 6.45) is 3.23. The molecule has 0 aromatic carbocycles. The lowest BCUT2D eigenvalue weighted by Gasteiger charge is -2.15. The number of pyridine rings is 1. The van der Waals surface area contributed by atoms with E-state index in [0.717, 1.165) is 17.1 Å². The minimum absolute atomic E-state index is 0.0733. The summed E-state index contributed by atoms with van der Waals surface area (Å²) in [6.45, 7) is 3.92. The number of hydrogen-bond acceptors (Lipinski definition) is 5. The molecule has 0 aliphatic carbocycles. The van der Waals surface area contributed by atoms with Gasteiger partial charge < -0.3 is 11.1 Å². The first kappa shape index (κ1) is 11.3. The van der Waals surface area contributed by atoms with E-state index in [1.165, 1.54) is 6.33 Å². The highest BCUT2D eigenvalue weighted by molar-refractivity contribution is 5.54. The molecule has 0 aliphatic rings. The second-order valence-electron chi connectivity index (χ2n) is 3.85. The third kappa shape index (κ3) is 2.50. The van der Waals surface area contributed by atoms with Gasteiger partial charge in [0.25, 0.3) is 0 Å². The minimum Gasteiger partial charge on any atom is -0.383 e. The van der Waals surface area contributed by atoms with Crippen LogP contribution in [0.2, 0.25) is 0 Å². The van der Waals surface area contributed by atoms with Crippen LogP contribution in [-0.4, -0.2) is 15.0 Å². The Hall–Kier alpha value is -2.17. The molecule has 0 spiro atoms. The molecule has 17 heavy (non-hydrogen) atoms. The SMILES string of the molecule is Cc1c(N)ncnc1NC(C)c1ccccn1. The van der Waals surface area contributed by atoms with Crippen molar-refractivity contribution in [1.82, 2.24) is 15.0 Å². The number of rotatable bonds is 3. The Morgan fingerprint density at radius 1 is 1.24 bits per heavy atom. The predicted octanol–water partition coefficient (Wildman–Crippen LogP) is 1.94. The maximum Gasteiger partial charge on any atom is 0.134 e. The maximum atomic E-state index is 5.73. The second kappa shape index (κ2) is 4.78. The van der Waals surface area contributed by atoms with Gasteiger partial charge in [-0.3, -0.25) is 4.98 Å². The molecule has 0 radical (unpaired) electrons. The molecule has 1 atom stereocenters. The zero-order valence-corrected chi connectivity index (χ0v) is 9.88. The van der Waals surface area contributed by atoms with Crippen molar-refractivity contribution in [3.63, 3.8) is 0 Å². The summed E-state index contributed by atoms with van der Waals surface area (Å²) in [6, 6.07) is 5.90. The van der Waals surface area contributed by atoms with Gasteiger partial charge in [0.2, 0.25) is 0 Å². The summed E-state index contributed by atoms with van der Waals surface area (Å²) in [4.78, 5) is 12.4. The monoisotopic (exact) mass is 229 g/mol. The molecule has 2 aromatic heterocycles. The van der Waals surface area contributed by atoms with Crippen LogP contribution < -0.4 is 11.1 Å². The normalized spacial score (nSPS) is 12.1. The number of nitrogen functional groups attached to an aromatic ring is 1. The van der Waals surface area contributed by atoms with Crippen LogP contribution in [0.3, 0.4) is 0 Å². The number of nitrogens with one attached hydrogen (secondary N) is 1. The van der Waals surface area contributed by atoms with Crippen molar-refractivity contribution in [1.29, 1.82) is 0 Å². The maximum absolute atomic E-state index is 5.73. The molecule has 2 heterocycles. The van der Waals surface area contributed by atoms with Crippen molar-refractivity contribution in [2.45, 2.75) is 19.9 Å². The highest BCUT2D eigenvalue weighted by atomic mass is 15.1. The van der Waals surface area contributed by atoms with Crippen molar-refractivity contribution in [2.75, 3.05) is 11.1 Å². The van der Waals surface area contributed by atoms with Crippen LogP contribution in [-0.2, 0) is 0 Å². The highest BCUT2D eigenvalue weighted by Crippen LogP contribution is 2.20. The summed E-state index contributed by atoms with van der Waals surface area (Å²) in [7, 11) is 0. The predicted molar refractivity (Wildman–Crippen MR) is 67.5 cm³/mol. The zero-order valence-electron chi connectivity index (χ0n) is 9.88. The summed E-state index contributed by atoms with van der Waals surface area (Å²) < 4.78 is 0. The van der Waals surface area contributed by atoms with E-state index in [1.807, 2.05) is 32.0 Å². The van der Waals surface area contributed by atoms with Gasteiger partial charge in [0.05, 0.1) is 11.7 Å². The van der Waals surface area contributed by atoms with E-state index in [0.29, 0.717) is 5.82 Å². The molecule has 1 unspecified atom stereocenters. The molecule has 0 aliphatic heterocycles. The molecule has 2 aromatic rings. The van der Waals surface area contributed by atoms with Crippen LogP contribution >= 0.6 is 0 Å². The fourth-order valence-corrected chi connectivity index (χ4v) is 1.52. The van der Waals surface area contributed by atoms with Crippen molar-refractivity contribution in [3.8, 4) is 0 Å². The van der Waals surface area contributed by atoms with E-state index < -0.39 is 0 Å². The average Bonchev–Trinajstić information content (AvgIpc) is 2.36. The van der Waals surface area contributed by atoms with Crippen LogP contribution in [0.25, 0.3) is 0 Å². The summed E-state index contributed by atoms with van der Waals surface area (Å²) in [5.41, 5.74) is 7.55. The molecule has 0 fully saturated rings. The Kier molecular flexibility index (Phi) is 3.18. The number of anilines is 2. The Balaban J connectivity index is 2.19. The molecule has 0 bridgehead atoms. The second-order valence-corrected chi connectivity index (χ2v) is 3.85. The van der Waals surface area contributed by atoms with Gasteiger partial charge in [-0.15, -0.1) is 0 Å². The van der Waals surface area contributed by atoms with Gasteiger partial charge >= 0.3 is 0 Å². The zero-order chi connectivity index (χ0) is 12.3. The molecule has 0 amide bonds. The number of nitrogens with two attached hydrogens (primary N) is 1. The van der Waals surface area contributed by atoms with E-state index in [1.54, 1.807) is 6.20 Å². The third-order valence-corrected chi connectivity index (χ3v) is 2.61. The Morgan fingerprint density at radius 2 is 2.06 bits per heavy atom. The fraction of sp³-hybridized carbons (Fsp3) is 0.250. The van der Waals surface area contributed by atoms with Gasteiger partial charge in [0.15, 0.2) is 0 Å². The number of hydrogen-bond donors (Lipinski definition) is 2. The molecule has 2 rings (SSSR count). The smallest absolute Gasteiger partial charge is 0.134 e. The van der Waals surface area contributed by atoms with Crippen molar-refractivity contribution in [3.05, 3.63) is 42.0 Å². The van der Waals surface area contributed by atoms with Crippen LogP contribution in [0.4, 0.5) is 11.6 Å². The van der Waals surface area contributed by atoms with E-state index in [4.69, 9.17) is 5.73 Å². The van der Waals surface area contributed by atoms with E-state index in [9.17, 15) is 0 Å². The van der Waals surface area contributed by atoms with Crippen LogP contribution in [0.15, 0.2) is 30.7 Å². The van der Waals surface area contributed by atoms with Crippen molar-refractivity contribution < 1.29 is 0 Å². The van der Waals surface area contributed by atoms with E-state index in [2.05, 4.69) is 20.3 Å². The molecule has 0 saturated heterocycles. The third-order valence-electron chi connectivity index (χ3n) is 2.61. The topological polar surface area (TPSA) is 76.7 Å². The number of aromatic nitrogens is 3. The molecule has 5 heteroatoms. The van der Waals surface area contributed by atoms with E-state index >= 15 is 0 Å². The molecule has 0 saturated carbocycles. The fourth-order valence-electron chi connectivity index (χ4n) is 1.52. The number of nitrogens with zero attached hydrogens (tertiary/aromatic N) is 3. The highest BCUT2D eigenvalue weighted by Gasteiger charge is 2.10. The standard InChI is InChI=1S/C12H15N5/c1-8-11(13)15-7-16-12(8)17-9(2)10-5-3-4-6-14-10/h3-7,9H,1-2H3,(H3,13,15,16,17). The first-order chi connectivity index (χ1) is 8.18. The van der Waals surface area contributed by atoms with Gasteiger partial charge in [0, 0.05) is 11.8 Å². The lowest BCUT2D eigenvalue weighted by molar-refractivity contribution is 0.828. The molecular weight excluding hydrogens is 214 g/mol. The summed E-state index contributed by atoms with van der Waals surface area (Å²) >= 11 is 0. The Labute approximate surface area is 100 Å². The molecule has 88 valence electrons. The molecule has 3 N–H and O–H groups in total.